The minimum absolute atomic E-state index is 0.0977. The molecule has 0 radical (unpaired) electrons. The molecule has 1 aliphatic heterocycles. The molecule has 1 aromatic heterocycles. The molecule has 0 saturated heterocycles. The van der Waals surface area contributed by atoms with Gasteiger partial charge in [-0.2, -0.15) is 5.10 Å². The van der Waals surface area contributed by atoms with Crippen molar-refractivity contribution in [3.8, 4) is 11.5 Å². The Morgan fingerprint density at radius 3 is 2.47 bits per heavy atom. The van der Waals surface area contributed by atoms with Gasteiger partial charge >= 0.3 is 0 Å². The number of hydrogen-bond donors (Lipinski definition) is 0. The summed E-state index contributed by atoms with van der Waals surface area (Å²) in [7, 11) is 1.63. The maximum absolute atomic E-state index is 13.0. The molecule has 2 aromatic carbocycles. The summed E-state index contributed by atoms with van der Waals surface area (Å²) < 4.78 is 16.6. The zero-order valence-corrected chi connectivity index (χ0v) is 17.3. The third kappa shape index (κ3) is 4.22. The lowest BCUT2D eigenvalue weighted by Gasteiger charge is -2.20. The molecule has 0 aliphatic carbocycles. The van der Waals surface area contributed by atoms with Gasteiger partial charge in [0.25, 0.3) is 5.91 Å². The van der Waals surface area contributed by atoms with Crippen LogP contribution in [0.1, 0.15) is 34.9 Å². The number of hydrogen-bond acceptors (Lipinski definition) is 5. The van der Waals surface area contributed by atoms with Crippen LogP contribution in [-0.2, 0) is 4.79 Å². The zero-order chi connectivity index (χ0) is 21.1. The van der Waals surface area contributed by atoms with Crippen molar-refractivity contribution in [3.63, 3.8) is 0 Å². The normalized spacial score (nSPS) is 15.8. The van der Waals surface area contributed by atoms with E-state index in [1.807, 2.05) is 62.4 Å². The van der Waals surface area contributed by atoms with Crippen molar-refractivity contribution < 1.29 is 18.7 Å². The molecule has 0 unspecified atom stereocenters. The summed E-state index contributed by atoms with van der Waals surface area (Å²) >= 11 is 0. The molecule has 30 heavy (non-hydrogen) atoms. The van der Waals surface area contributed by atoms with Crippen LogP contribution < -0.4 is 9.47 Å². The molecule has 1 atom stereocenters. The van der Waals surface area contributed by atoms with Crippen LogP contribution in [0.25, 0.3) is 0 Å². The predicted molar refractivity (Wildman–Crippen MR) is 114 cm³/mol. The summed E-state index contributed by atoms with van der Waals surface area (Å²) in [6, 6.07) is 16.9. The van der Waals surface area contributed by atoms with E-state index in [4.69, 9.17) is 13.9 Å². The summed E-state index contributed by atoms with van der Waals surface area (Å²) in [5, 5.41) is 6.09. The number of carbonyl (C=O) groups excluding carboxylic acids is 1. The van der Waals surface area contributed by atoms with E-state index < -0.39 is 0 Å². The van der Waals surface area contributed by atoms with Crippen LogP contribution in [0.15, 0.2) is 70.4 Å². The molecule has 0 N–H and O–H groups in total. The van der Waals surface area contributed by atoms with Gasteiger partial charge in [0.1, 0.15) is 23.3 Å². The van der Waals surface area contributed by atoms with Gasteiger partial charge in [0.2, 0.25) is 0 Å². The molecule has 1 aliphatic rings. The summed E-state index contributed by atoms with van der Waals surface area (Å²) in [4.78, 5) is 13.0. The van der Waals surface area contributed by atoms with Crippen molar-refractivity contribution in [1.82, 2.24) is 5.01 Å². The molecule has 0 fully saturated rings. The smallest absolute Gasteiger partial charge is 0.281 e. The number of rotatable bonds is 6. The first-order valence-electron chi connectivity index (χ1n) is 9.82. The van der Waals surface area contributed by atoms with Crippen LogP contribution in [0, 0.1) is 13.8 Å². The van der Waals surface area contributed by atoms with Gasteiger partial charge in [-0.3, -0.25) is 4.79 Å². The van der Waals surface area contributed by atoms with Crippen LogP contribution in [-0.4, -0.2) is 30.3 Å². The van der Waals surface area contributed by atoms with Crippen LogP contribution in [0.5, 0.6) is 11.5 Å². The Morgan fingerprint density at radius 1 is 1.10 bits per heavy atom. The Morgan fingerprint density at radius 2 is 1.83 bits per heavy atom. The fourth-order valence-electron chi connectivity index (χ4n) is 3.63. The quantitative estimate of drug-likeness (QED) is 0.599. The maximum Gasteiger partial charge on any atom is 0.281 e. The lowest BCUT2D eigenvalue weighted by atomic mass is 10.0. The second kappa shape index (κ2) is 8.45. The maximum atomic E-state index is 13.0. The SMILES string of the molecule is COc1ccc(C2=NN(C(=O)COc3cc(C)cc(C)c3)[C@@H](c3ccco3)C2)cc1. The molecule has 154 valence electrons. The van der Waals surface area contributed by atoms with Crippen LogP contribution in [0.2, 0.25) is 0 Å². The fourth-order valence-corrected chi connectivity index (χ4v) is 3.63. The number of amides is 1. The summed E-state index contributed by atoms with van der Waals surface area (Å²) in [5.74, 6) is 1.92. The Balaban J connectivity index is 1.55. The van der Waals surface area contributed by atoms with E-state index in [9.17, 15) is 4.79 Å². The Bertz CT molecular complexity index is 1040. The van der Waals surface area contributed by atoms with Crippen molar-refractivity contribution >= 4 is 11.6 Å². The van der Waals surface area contributed by atoms with Gasteiger partial charge in [-0.15, -0.1) is 0 Å². The van der Waals surface area contributed by atoms with Crippen molar-refractivity contribution in [2.45, 2.75) is 26.3 Å². The minimum Gasteiger partial charge on any atom is -0.497 e. The van der Waals surface area contributed by atoms with Crippen molar-refractivity contribution in [1.29, 1.82) is 0 Å². The molecule has 3 aromatic rings. The lowest BCUT2D eigenvalue weighted by molar-refractivity contribution is -0.135. The van der Waals surface area contributed by atoms with E-state index in [2.05, 4.69) is 11.2 Å². The second-order valence-corrected chi connectivity index (χ2v) is 7.36. The number of benzene rings is 2. The van der Waals surface area contributed by atoms with E-state index in [-0.39, 0.29) is 18.6 Å². The number of carbonyl (C=O) groups is 1. The molecule has 0 spiro atoms. The molecule has 0 saturated carbocycles. The monoisotopic (exact) mass is 404 g/mol. The van der Waals surface area contributed by atoms with Gasteiger partial charge in [0.15, 0.2) is 6.61 Å². The average Bonchev–Trinajstić information content (AvgIpc) is 3.41. The summed E-state index contributed by atoms with van der Waals surface area (Å²) in [6.07, 6.45) is 2.17. The Hall–Kier alpha value is -3.54. The van der Waals surface area contributed by atoms with Gasteiger partial charge in [0, 0.05) is 6.42 Å². The molecule has 0 bridgehead atoms. The number of ether oxygens (including phenoxy) is 2. The molecular weight excluding hydrogens is 380 g/mol. The third-order valence-corrected chi connectivity index (χ3v) is 5.02. The van der Waals surface area contributed by atoms with E-state index in [1.165, 1.54) is 5.01 Å². The number of hydrazone groups is 1. The van der Waals surface area contributed by atoms with E-state index in [1.54, 1.807) is 13.4 Å². The van der Waals surface area contributed by atoms with Crippen LogP contribution in [0.3, 0.4) is 0 Å². The van der Waals surface area contributed by atoms with Crippen LogP contribution in [0.4, 0.5) is 0 Å². The molecule has 4 rings (SSSR count). The van der Waals surface area contributed by atoms with E-state index in [0.29, 0.717) is 17.9 Å². The summed E-state index contributed by atoms with van der Waals surface area (Å²) in [6.45, 7) is 3.90. The highest BCUT2D eigenvalue weighted by Gasteiger charge is 2.35. The predicted octanol–water partition coefficient (Wildman–Crippen LogP) is 4.66. The van der Waals surface area contributed by atoms with E-state index in [0.717, 1.165) is 28.2 Å². The number of furan rings is 1. The van der Waals surface area contributed by atoms with Gasteiger partial charge in [0.05, 0.1) is 19.1 Å². The Kier molecular flexibility index (Phi) is 5.57. The van der Waals surface area contributed by atoms with Gasteiger partial charge in [-0.05, 0) is 79.1 Å². The van der Waals surface area contributed by atoms with Crippen LogP contribution >= 0.6 is 0 Å². The van der Waals surface area contributed by atoms with Crippen molar-refractivity contribution in [2.24, 2.45) is 5.10 Å². The molecule has 1 amide bonds. The zero-order valence-electron chi connectivity index (χ0n) is 17.3. The van der Waals surface area contributed by atoms with Gasteiger partial charge in [-0.25, -0.2) is 5.01 Å². The van der Waals surface area contributed by atoms with Gasteiger partial charge < -0.3 is 13.9 Å². The molecule has 6 nitrogen and oxygen atoms in total. The number of nitrogens with zero attached hydrogens (tertiary/aromatic N) is 2. The standard InChI is InChI=1S/C24H24N2O4/c1-16-11-17(2)13-20(12-16)30-15-24(27)26-22(23-5-4-10-29-23)14-21(25-26)18-6-8-19(28-3)9-7-18/h4-13,22H,14-15H2,1-3H3/t22-/m1/s1. The highest BCUT2D eigenvalue weighted by molar-refractivity contribution is 6.03. The second-order valence-electron chi connectivity index (χ2n) is 7.36. The summed E-state index contributed by atoms with van der Waals surface area (Å²) in [5.41, 5.74) is 3.94. The molecular formula is C24H24N2O4. The number of methoxy groups -OCH3 is 1. The number of aryl methyl sites for hydroxylation is 2. The lowest BCUT2D eigenvalue weighted by Crippen LogP contribution is -2.31. The first-order valence-corrected chi connectivity index (χ1v) is 9.82. The Labute approximate surface area is 175 Å². The molecule has 6 heteroatoms. The molecule has 2 heterocycles. The largest absolute Gasteiger partial charge is 0.497 e. The highest BCUT2D eigenvalue weighted by Crippen LogP contribution is 2.33. The van der Waals surface area contributed by atoms with Crippen molar-refractivity contribution in [2.75, 3.05) is 13.7 Å². The highest BCUT2D eigenvalue weighted by atomic mass is 16.5. The minimum atomic E-state index is -0.299. The van der Waals surface area contributed by atoms with Crippen molar-refractivity contribution in [3.05, 3.63) is 83.3 Å². The van der Waals surface area contributed by atoms with Gasteiger partial charge in [-0.1, -0.05) is 6.07 Å². The third-order valence-electron chi connectivity index (χ3n) is 5.02. The topological polar surface area (TPSA) is 64.3 Å². The van der Waals surface area contributed by atoms with E-state index >= 15 is 0 Å². The fraction of sp³-hybridized carbons (Fsp3) is 0.250. The first-order chi connectivity index (χ1) is 14.5. The first kappa shape index (κ1) is 19.8. The average molecular weight is 404 g/mol.